The summed E-state index contributed by atoms with van der Waals surface area (Å²) < 4.78 is 42.8. The number of carbonyl (C=O) groups excluding carboxylic acids is 1. The number of alkyl halides is 3. The summed E-state index contributed by atoms with van der Waals surface area (Å²) >= 11 is 12.0. The highest BCUT2D eigenvalue weighted by Crippen LogP contribution is 2.22. The van der Waals surface area contributed by atoms with Gasteiger partial charge in [0.25, 0.3) is 5.91 Å². The summed E-state index contributed by atoms with van der Waals surface area (Å²) in [7, 11) is 0. The van der Waals surface area contributed by atoms with Crippen LogP contribution < -0.4 is 5.32 Å². The summed E-state index contributed by atoms with van der Waals surface area (Å²) in [6.45, 7) is -1.19. The number of nitrogens with zero attached hydrogens (tertiary/aromatic N) is 2. The van der Waals surface area contributed by atoms with Gasteiger partial charge >= 0.3 is 6.18 Å². The summed E-state index contributed by atoms with van der Waals surface area (Å²) in [4.78, 5) is 12.5. The fraction of sp³-hybridized carbons (Fsp3) is 0.200. The summed E-state index contributed by atoms with van der Waals surface area (Å²) in [6, 6.07) is 13.3. The minimum atomic E-state index is -4.41. The first-order valence-electron chi connectivity index (χ1n) is 8.72. The van der Waals surface area contributed by atoms with Gasteiger partial charge in [-0.3, -0.25) is 9.48 Å². The van der Waals surface area contributed by atoms with E-state index in [0.717, 1.165) is 5.56 Å². The van der Waals surface area contributed by atoms with Crippen molar-refractivity contribution in [3.63, 3.8) is 0 Å². The maximum absolute atomic E-state index is 12.5. The number of nitrogens with one attached hydrogen (secondary N) is 1. The molecule has 1 N–H and O–H groups in total. The van der Waals surface area contributed by atoms with Crippen molar-refractivity contribution in [2.75, 3.05) is 11.9 Å². The van der Waals surface area contributed by atoms with E-state index in [0.29, 0.717) is 17.1 Å². The zero-order valence-electron chi connectivity index (χ0n) is 15.4. The van der Waals surface area contributed by atoms with Crippen LogP contribution in [0.4, 0.5) is 19.0 Å². The second-order valence-electron chi connectivity index (χ2n) is 6.41. The van der Waals surface area contributed by atoms with Crippen molar-refractivity contribution in [2.45, 2.75) is 19.3 Å². The Balaban J connectivity index is 1.63. The van der Waals surface area contributed by atoms with Gasteiger partial charge in [-0.15, -0.1) is 0 Å². The van der Waals surface area contributed by atoms with Crippen LogP contribution in [0.15, 0.2) is 54.7 Å². The van der Waals surface area contributed by atoms with E-state index in [1.165, 1.54) is 12.1 Å². The Kier molecular flexibility index (Phi) is 7.02. The summed E-state index contributed by atoms with van der Waals surface area (Å²) in [6.07, 6.45) is -2.83. The molecule has 0 radical (unpaired) electrons. The number of amides is 1. The summed E-state index contributed by atoms with van der Waals surface area (Å²) in [5, 5.41) is 7.74. The smallest absolute Gasteiger partial charge is 0.367 e. The quantitative estimate of drug-likeness (QED) is 0.504. The Morgan fingerprint density at radius 2 is 1.83 bits per heavy atom. The lowest BCUT2D eigenvalue weighted by molar-refractivity contribution is -0.176. The lowest BCUT2D eigenvalue weighted by Gasteiger charge is -2.09. The number of ether oxygens (including phenoxy) is 1. The van der Waals surface area contributed by atoms with Crippen LogP contribution >= 0.6 is 23.2 Å². The molecule has 1 amide bonds. The number of hydrogen-bond donors (Lipinski definition) is 1. The van der Waals surface area contributed by atoms with E-state index in [4.69, 9.17) is 23.2 Å². The molecule has 158 valence electrons. The van der Waals surface area contributed by atoms with Gasteiger partial charge in [0.15, 0.2) is 5.82 Å². The Morgan fingerprint density at radius 3 is 2.53 bits per heavy atom. The number of hydrogen-bond acceptors (Lipinski definition) is 3. The minimum absolute atomic E-state index is 0.175. The third kappa shape index (κ3) is 6.48. The molecule has 0 saturated carbocycles. The average molecular weight is 458 g/mol. The van der Waals surface area contributed by atoms with Gasteiger partial charge in [-0.2, -0.15) is 18.3 Å². The van der Waals surface area contributed by atoms with Gasteiger partial charge < -0.3 is 10.1 Å². The molecule has 1 aromatic heterocycles. The standard InChI is InChI=1S/C20H16Cl2F3N3O2/c21-16-6-4-13(5-7-16)9-28-10-17(22)18(27-28)26-19(29)15-3-1-2-14(8-15)11-30-12-20(23,24)25/h1-8,10H,9,11-12H2,(H,26,27,29). The molecule has 0 aliphatic heterocycles. The van der Waals surface area contributed by atoms with Crippen molar-refractivity contribution in [3.05, 3.63) is 81.5 Å². The molecular weight excluding hydrogens is 442 g/mol. The largest absolute Gasteiger partial charge is 0.411 e. The van der Waals surface area contributed by atoms with Crippen LogP contribution in [0.2, 0.25) is 10.0 Å². The third-order valence-corrected chi connectivity index (χ3v) is 4.46. The van der Waals surface area contributed by atoms with Gasteiger partial charge in [0.2, 0.25) is 0 Å². The number of carbonyl (C=O) groups is 1. The van der Waals surface area contributed by atoms with E-state index in [1.807, 2.05) is 12.1 Å². The van der Waals surface area contributed by atoms with Gasteiger partial charge in [0.1, 0.15) is 11.6 Å². The fourth-order valence-corrected chi connectivity index (χ4v) is 2.93. The SMILES string of the molecule is O=C(Nc1nn(Cc2ccc(Cl)cc2)cc1Cl)c1cccc(COCC(F)(F)F)c1. The first kappa shape index (κ1) is 22.1. The number of halogens is 5. The lowest BCUT2D eigenvalue weighted by Crippen LogP contribution is -2.17. The Morgan fingerprint density at radius 1 is 1.10 bits per heavy atom. The molecule has 5 nitrogen and oxygen atoms in total. The predicted molar refractivity (Wildman–Crippen MR) is 108 cm³/mol. The van der Waals surface area contributed by atoms with Gasteiger partial charge in [0.05, 0.1) is 13.2 Å². The topological polar surface area (TPSA) is 56.2 Å². The summed E-state index contributed by atoms with van der Waals surface area (Å²) in [5.41, 5.74) is 1.63. The van der Waals surface area contributed by atoms with E-state index in [2.05, 4.69) is 15.2 Å². The Labute approximate surface area is 180 Å². The molecule has 0 unspecified atom stereocenters. The molecule has 0 atom stereocenters. The zero-order chi connectivity index (χ0) is 21.7. The highest BCUT2D eigenvalue weighted by atomic mass is 35.5. The molecule has 10 heteroatoms. The van der Waals surface area contributed by atoms with Crippen LogP contribution in [-0.2, 0) is 17.9 Å². The zero-order valence-corrected chi connectivity index (χ0v) is 16.9. The molecule has 3 rings (SSSR count). The molecule has 0 aliphatic carbocycles. The number of anilines is 1. The van der Waals surface area contributed by atoms with Gasteiger partial charge in [-0.1, -0.05) is 47.5 Å². The van der Waals surface area contributed by atoms with E-state index in [-0.39, 0.29) is 23.0 Å². The van der Waals surface area contributed by atoms with E-state index >= 15 is 0 Å². The second-order valence-corrected chi connectivity index (χ2v) is 7.26. The molecule has 2 aromatic carbocycles. The number of benzene rings is 2. The van der Waals surface area contributed by atoms with Crippen molar-refractivity contribution in [1.29, 1.82) is 0 Å². The van der Waals surface area contributed by atoms with Crippen LogP contribution in [0.1, 0.15) is 21.5 Å². The summed E-state index contributed by atoms with van der Waals surface area (Å²) in [5.74, 6) is -0.319. The van der Waals surface area contributed by atoms with Crippen molar-refractivity contribution in [2.24, 2.45) is 0 Å². The number of aromatic nitrogens is 2. The molecule has 30 heavy (non-hydrogen) atoms. The first-order chi connectivity index (χ1) is 14.2. The Bertz CT molecular complexity index is 1020. The minimum Gasteiger partial charge on any atom is -0.367 e. The van der Waals surface area contributed by atoms with Crippen molar-refractivity contribution >= 4 is 34.9 Å². The third-order valence-electron chi connectivity index (χ3n) is 3.93. The number of rotatable bonds is 7. The fourth-order valence-electron chi connectivity index (χ4n) is 2.61. The maximum Gasteiger partial charge on any atom is 0.411 e. The average Bonchev–Trinajstić information content (AvgIpc) is 3.01. The second kappa shape index (κ2) is 9.51. The molecule has 3 aromatic rings. The van der Waals surface area contributed by atoms with E-state index < -0.39 is 18.7 Å². The molecule has 1 heterocycles. The van der Waals surface area contributed by atoms with Crippen molar-refractivity contribution in [3.8, 4) is 0 Å². The molecule has 0 bridgehead atoms. The van der Waals surface area contributed by atoms with Crippen molar-refractivity contribution < 1.29 is 22.7 Å². The van der Waals surface area contributed by atoms with Crippen molar-refractivity contribution in [1.82, 2.24) is 9.78 Å². The Hall–Kier alpha value is -2.55. The van der Waals surface area contributed by atoms with Crippen LogP contribution in [0.25, 0.3) is 0 Å². The lowest BCUT2D eigenvalue weighted by atomic mass is 10.1. The van der Waals surface area contributed by atoms with Gasteiger partial charge in [0, 0.05) is 16.8 Å². The molecular formula is C20H16Cl2F3N3O2. The van der Waals surface area contributed by atoms with E-state index in [1.54, 1.807) is 35.1 Å². The maximum atomic E-state index is 12.5. The first-order valence-corrected chi connectivity index (χ1v) is 9.47. The van der Waals surface area contributed by atoms with Crippen LogP contribution in [0.3, 0.4) is 0 Å². The monoisotopic (exact) mass is 457 g/mol. The molecule has 0 saturated heterocycles. The van der Waals surface area contributed by atoms with Crippen LogP contribution in [0.5, 0.6) is 0 Å². The van der Waals surface area contributed by atoms with Gasteiger partial charge in [-0.05, 0) is 35.4 Å². The highest BCUT2D eigenvalue weighted by Gasteiger charge is 2.27. The molecule has 0 spiro atoms. The predicted octanol–water partition coefficient (Wildman–Crippen LogP) is 5.57. The van der Waals surface area contributed by atoms with Gasteiger partial charge in [-0.25, -0.2) is 0 Å². The highest BCUT2D eigenvalue weighted by molar-refractivity contribution is 6.33. The van der Waals surface area contributed by atoms with Crippen LogP contribution in [-0.4, -0.2) is 28.5 Å². The normalized spacial score (nSPS) is 11.5. The van der Waals surface area contributed by atoms with E-state index in [9.17, 15) is 18.0 Å². The molecule has 0 aliphatic rings. The molecule has 0 fully saturated rings. The van der Waals surface area contributed by atoms with Crippen LogP contribution in [0, 0.1) is 0 Å².